The number of hydrogen-bond donors (Lipinski definition) is 2. The van der Waals surface area contributed by atoms with E-state index in [2.05, 4.69) is 31.8 Å². The third-order valence-electron chi connectivity index (χ3n) is 2.11. The van der Waals surface area contributed by atoms with Crippen LogP contribution >= 0.6 is 27.5 Å². The van der Waals surface area contributed by atoms with E-state index < -0.39 is 0 Å². The van der Waals surface area contributed by atoms with Gasteiger partial charge in [-0.2, -0.15) is 0 Å². The Morgan fingerprint density at radius 2 is 2.11 bits per heavy atom. The van der Waals surface area contributed by atoms with E-state index in [1.165, 1.54) is 6.20 Å². The summed E-state index contributed by atoms with van der Waals surface area (Å²) in [5.41, 5.74) is 6.50. The maximum atomic E-state index is 11.8. The summed E-state index contributed by atoms with van der Waals surface area (Å²) in [5, 5.41) is 0.596. The predicted octanol–water partition coefficient (Wildman–Crippen LogP) is 3.25. The van der Waals surface area contributed by atoms with Gasteiger partial charge in [-0.1, -0.05) is 17.7 Å². The molecule has 0 bridgehead atoms. The highest BCUT2D eigenvalue weighted by molar-refractivity contribution is 9.10. The number of hydrogen-bond acceptors (Lipinski definition) is 3. The largest absolute Gasteiger partial charge is 0.298 e. The molecule has 0 radical (unpaired) electrons. The quantitative estimate of drug-likeness (QED) is 0.851. The van der Waals surface area contributed by atoms with Crippen molar-refractivity contribution in [1.29, 1.82) is 0 Å². The Kier molecular flexibility index (Phi) is 4.17. The maximum Gasteiger partial charge on any atom is 0.271 e. The number of anilines is 1. The Morgan fingerprint density at radius 1 is 1.28 bits per heavy atom. The van der Waals surface area contributed by atoms with Crippen molar-refractivity contribution in [2.24, 2.45) is 0 Å². The molecule has 2 aromatic rings. The number of carbonyl (C=O) groups is 1. The van der Waals surface area contributed by atoms with E-state index in [4.69, 9.17) is 11.6 Å². The van der Waals surface area contributed by atoms with Crippen molar-refractivity contribution < 1.29 is 4.79 Å². The Bertz CT molecular complexity index is 577. The number of aromatic nitrogens is 1. The monoisotopic (exact) mass is 325 g/mol. The highest BCUT2D eigenvalue weighted by atomic mass is 79.9. The number of pyridine rings is 1. The van der Waals surface area contributed by atoms with Gasteiger partial charge in [-0.05, 0) is 40.2 Å². The third kappa shape index (κ3) is 3.45. The number of carbonyl (C=O) groups excluding carboxylic acids is 1. The number of halogens is 2. The van der Waals surface area contributed by atoms with Crippen LogP contribution < -0.4 is 10.9 Å². The molecule has 2 rings (SSSR count). The van der Waals surface area contributed by atoms with Gasteiger partial charge in [0.05, 0.1) is 11.3 Å². The lowest BCUT2D eigenvalue weighted by Crippen LogP contribution is -2.29. The lowest BCUT2D eigenvalue weighted by molar-refractivity contribution is 0.0962. The zero-order valence-corrected chi connectivity index (χ0v) is 11.5. The molecule has 0 fully saturated rings. The molecule has 1 amide bonds. The van der Waals surface area contributed by atoms with Crippen LogP contribution in [-0.2, 0) is 0 Å². The summed E-state index contributed by atoms with van der Waals surface area (Å²) < 4.78 is 0.748. The summed E-state index contributed by atoms with van der Waals surface area (Å²) in [6, 6.07) is 8.73. The highest BCUT2D eigenvalue weighted by Gasteiger charge is 2.05. The number of rotatable bonds is 3. The first-order chi connectivity index (χ1) is 8.65. The Morgan fingerprint density at radius 3 is 2.83 bits per heavy atom. The second kappa shape index (κ2) is 5.84. The van der Waals surface area contributed by atoms with Crippen molar-refractivity contribution in [3.05, 3.63) is 57.8 Å². The van der Waals surface area contributed by atoms with Crippen molar-refractivity contribution in [3.8, 4) is 0 Å². The van der Waals surface area contributed by atoms with Crippen molar-refractivity contribution >= 4 is 39.1 Å². The smallest absolute Gasteiger partial charge is 0.271 e. The molecule has 18 heavy (non-hydrogen) atoms. The van der Waals surface area contributed by atoms with Gasteiger partial charge in [-0.25, -0.2) is 0 Å². The van der Waals surface area contributed by atoms with Crippen LogP contribution in [0.25, 0.3) is 0 Å². The number of benzene rings is 1. The summed E-state index contributed by atoms with van der Waals surface area (Å²) in [7, 11) is 0. The molecule has 2 N–H and O–H groups in total. The zero-order valence-electron chi connectivity index (χ0n) is 9.15. The Hall–Kier alpha value is -1.59. The van der Waals surface area contributed by atoms with Gasteiger partial charge in [-0.15, -0.1) is 0 Å². The fourth-order valence-corrected chi connectivity index (χ4v) is 1.86. The normalized spacial score (nSPS) is 9.89. The van der Waals surface area contributed by atoms with Gasteiger partial charge >= 0.3 is 0 Å². The van der Waals surface area contributed by atoms with E-state index in [1.807, 2.05) is 0 Å². The van der Waals surface area contributed by atoms with Gasteiger partial charge in [0, 0.05) is 21.9 Å². The Balaban J connectivity index is 2.00. The molecule has 1 heterocycles. The minimum atomic E-state index is -0.274. The first-order valence-electron chi connectivity index (χ1n) is 5.07. The minimum absolute atomic E-state index is 0.274. The molecule has 0 aliphatic heterocycles. The molecule has 0 aliphatic carbocycles. The van der Waals surface area contributed by atoms with Crippen molar-refractivity contribution in [3.63, 3.8) is 0 Å². The van der Waals surface area contributed by atoms with E-state index in [9.17, 15) is 4.79 Å². The first-order valence-corrected chi connectivity index (χ1v) is 6.25. The predicted molar refractivity (Wildman–Crippen MR) is 74.5 cm³/mol. The first kappa shape index (κ1) is 12.9. The molecule has 0 saturated carbocycles. The molecule has 0 spiro atoms. The lowest BCUT2D eigenvalue weighted by Gasteiger charge is -2.08. The fraction of sp³-hybridized carbons (Fsp3) is 0. The second-order valence-electron chi connectivity index (χ2n) is 3.48. The van der Waals surface area contributed by atoms with Crippen LogP contribution in [0.4, 0.5) is 5.69 Å². The topological polar surface area (TPSA) is 54.0 Å². The van der Waals surface area contributed by atoms with E-state index in [0.717, 1.165) is 4.47 Å². The summed E-state index contributed by atoms with van der Waals surface area (Å²) in [6.45, 7) is 0. The van der Waals surface area contributed by atoms with Gasteiger partial charge in [-0.3, -0.25) is 20.6 Å². The molecule has 1 aromatic heterocycles. The number of nitrogens with one attached hydrogen (secondary N) is 2. The van der Waals surface area contributed by atoms with Crippen LogP contribution in [0.1, 0.15) is 10.4 Å². The van der Waals surface area contributed by atoms with Crippen LogP contribution in [0.5, 0.6) is 0 Å². The Labute approximate surface area is 117 Å². The summed E-state index contributed by atoms with van der Waals surface area (Å²) in [6.07, 6.45) is 3.10. The molecule has 0 aliphatic rings. The maximum absolute atomic E-state index is 11.8. The average Bonchev–Trinajstić information content (AvgIpc) is 2.36. The van der Waals surface area contributed by atoms with Crippen LogP contribution in [-0.4, -0.2) is 10.9 Å². The standard InChI is InChI=1S/C12H9BrClN3O/c13-9-4-8(6-15-7-9)12(18)17-16-11-3-1-2-10(14)5-11/h1-7,16H,(H,17,18). The fourth-order valence-electron chi connectivity index (χ4n) is 1.30. The second-order valence-corrected chi connectivity index (χ2v) is 4.83. The number of nitrogens with zero attached hydrogens (tertiary/aromatic N) is 1. The zero-order chi connectivity index (χ0) is 13.0. The number of hydrazine groups is 1. The van der Waals surface area contributed by atoms with E-state index in [0.29, 0.717) is 16.3 Å². The van der Waals surface area contributed by atoms with Gasteiger partial charge in [0.25, 0.3) is 5.91 Å². The van der Waals surface area contributed by atoms with Gasteiger partial charge in [0.1, 0.15) is 0 Å². The average molecular weight is 327 g/mol. The van der Waals surface area contributed by atoms with Crippen LogP contribution in [0.15, 0.2) is 47.2 Å². The van der Waals surface area contributed by atoms with Crippen molar-refractivity contribution in [1.82, 2.24) is 10.4 Å². The van der Waals surface area contributed by atoms with E-state index >= 15 is 0 Å². The van der Waals surface area contributed by atoms with Gasteiger partial charge < -0.3 is 0 Å². The van der Waals surface area contributed by atoms with E-state index in [1.54, 1.807) is 36.5 Å². The molecule has 0 atom stereocenters. The third-order valence-corrected chi connectivity index (χ3v) is 2.78. The van der Waals surface area contributed by atoms with Crippen LogP contribution in [0, 0.1) is 0 Å². The molecule has 1 aromatic carbocycles. The van der Waals surface area contributed by atoms with Crippen molar-refractivity contribution in [2.45, 2.75) is 0 Å². The minimum Gasteiger partial charge on any atom is -0.298 e. The van der Waals surface area contributed by atoms with E-state index in [-0.39, 0.29) is 5.91 Å². The van der Waals surface area contributed by atoms with Crippen molar-refractivity contribution in [2.75, 3.05) is 5.43 Å². The van der Waals surface area contributed by atoms with Gasteiger partial charge in [0.15, 0.2) is 0 Å². The molecule has 0 saturated heterocycles. The summed E-state index contributed by atoms with van der Waals surface area (Å²) in [5.74, 6) is -0.274. The number of amides is 1. The summed E-state index contributed by atoms with van der Waals surface area (Å²) >= 11 is 9.08. The highest BCUT2D eigenvalue weighted by Crippen LogP contribution is 2.14. The molecule has 6 heteroatoms. The molecular formula is C12H9BrClN3O. The summed E-state index contributed by atoms with van der Waals surface area (Å²) in [4.78, 5) is 15.7. The molecule has 92 valence electrons. The molecular weight excluding hydrogens is 318 g/mol. The molecule has 0 unspecified atom stereocenters. The van der Waals surface area contributed by atoms with Crippen LogP contribution in [0.3, 0.4) is 0 Å². The SMILES string of the molecule is O=C(NNc1cccc(Cl)c1)c1cncc(Br)c1. The lowest BCUT2D eigenvalue weighted by atomic mass is 10.3. The molecule has 4 nitrogen and oxygen atoms in total. The van der Waals surface area contributed by atoms with Gasteiger partial charge in [0.2, 0.25) is 0 Å². The van der Waals surface area contributed by atoms with Crippen LogP contribution in [0.2, 0.25) is 5.02 Å².